The number of carbonyl (C=O) groups is 2. The third-order valence-electron chi connectivity index (χ3n) is 1.20. The Hall–Kier alpha value is -0.840. The standard InChI is InChI=1S/C8H13BrN2O2/c1-6(9)5-11-8(13)3-4-10-7(2)12/h1,3-5H2,2H3,(H,10,12)(H,11,13). The predicted molar refractivity (Wildman–Crippen MR) is 54.4 cm³/mol. The Bertz CT molecular complexity index is 216. The Morgan fingerprint density at radius 2 is 2.00 bits per heavy atom. The summed E-state index contributed by atoms with van der Waals surface area (Å²) >= 11 is 3.12. The lowest BCUT2D eigenvalue weighted by Crippen LogP contribution is -2.30. The van der Waals surface area contributed by atoms with Crippen molar-refractivity contribution in [1.29, 1.82) is 0 Å². The maximum atomic E-state index is 11.0. The van der Waals surface area contributed by atoms with E-state index in [9.17, 15) is 9.59 Å². The quantitative estimate of drug-likeness (QED) is 0.747. The highest BCUT2D eigenvalue weighted by atomic mass is 79.9. The van der Waals surface area contributed by atoms with Crippen molar-refractivity contribution in [2.24, 2.45) is 0 Å². The average molecular weight is 249 g/mol. The van der Waals surface area contributed by atoms with Gasteiger partial charge in [-0.2, -0.15) is 0 Å². The first-order valence-corrected chi connectivity index (χ1v) is 4.66. The lowest BCUT2D eigenvalue weighted by molar-refractivity contribution is -0.121. The topological polar surface area (TPSA) is 58.2 Å². The molecule has 0 aromatic carbocycles. The van der Waals surface area contributed by atoms with Gasteiger partial charge in [0.05, 0.1) is 0 Å². The first-order chi connectivity index (χ1) is 6.02. The maximum absolute atomic E-state index is 11.0. The summed E-state index contributed by atoms with van der Waals surface area (Å²) in [5.74, 6) is -0.230. The van der Waals surface area contributed by atoms with Crippen LogP contribution in [0.15, 0.2) is 11.1 Å². The largest absolute Gasteiger partial charge is 0.356 e. The lowest BCUT2D eigenvalue weighted by Gasteiger charge is -2.03. The zero-order valence-electron chi connectivity index (χ0n) is 7.52. The van der Waals surface area contributed by atoms with E-state index in [2.05, 4.69) is 33.1 Å². The van der Waals surface area contributed by atoms with Crippen LogP contribution in [-0.2, 0) is 9.59 Å². The van der Waals surface area contributed by atoms with E-state index < -0.39 is 0 Å². The molecule has 0 heterocycles. The van der Waals surface area contributed by atoms with E-state index in [4.69, 9.17) is 0 Å². The van der Waals surface area contributed by atoms with E-state index in [-0.39, 0.29) is 11.8 Å². The molecule has 0 radical (unpaired) electrons. The Morgan fingerprint density at radius 3 is 2.46 bits per heavy atom. The third kappa shape index (κ3) is 9.07. The first-order valence-electron chi connectivity index (χ1n) is 3.86. The summed E-state index contributed by atoms with van der Waals surface area (Å²) < 4.78 is 0.723. The zero-order valence-corrected chi connectivity index (χ0v) is 9.11. The highest BCUT2D eigenvalue weighted by Crippen LogP contribution is 1.96. The molecule has 13 heavy (non-hydrogen) atoms. The fourth-order valence-electron chi connectivity index (χ4n) is 0.635. The van der Waals surface area contributed by atoms with Crippen molar-refractivity contribution in [3.8, 4) is 0 Å². The number of carbonyl (C=O) groups excluding carboxylic acids is 2. The van der Waals surface area contributed by atoms with Crippen molar-refractivity contribution in [2.75, 3.05) is 13.1 Å². The van der Waals surface area contributed by atoms with E-state index in [0.29, 0.717) is 19.5 Å². The van der Waals surface area contributed by atoms with Crippen LogP contribution in [0, 0.1) is 0 Å². The first kappa shape index (κ1) is 12.2. The molecule has 0 spiro atoms. The number of rotatable bonds is 5. The van der Waals surface area contributed by atoms with Crippen LogP contribution in [0.25, 0.3) is 0 Å². The molecule has 0 aliphatic heterocycles. The normalized spacial score (nSPS) is 9.08. The van der Waals surface area contributed by atoms with Gasteiger partial charge in [0, 0.05) is 30.9 Å². The van der Waals surface area contributed by atoms with Gasteiger partial charge in [-0.05, 0) is 0 Å². The van der Waals surface area contributed by atoms with Crippen molar-refractivity contribution in [1.82, 2.24) is 10.6 Å². The van der Waals surface area contributed by atoms with Gasteiger partial charge in [-0.3, -0.25) is 9.59 Å². The van der Waals surface area contributed by atoms with Crippen LogP contribution in [-0.4, -0.2) is 24.9 Å². The molecular weight excluding hydrogens is 236 g/mol. The van der Waals surface area contributed by atoms with Crippen LogP contribution in [0.2, 0.25) is 0 Å². The van der Waals surface area contributed by atoms with Crippen LogP contribution in [0.4, 0.5) is 0 Å². The van der Waals surface area contributed by atoms with Gasteiger partial charge in [0.15, 0.2) is 0 Å². The Labute approximate surface area is 85.9 Å². The van der Waals surface area contributed by atoms with Gasteiger partial charge in [-0.1, -0.05) is 22.5 Å². The molecule has 4 nitrogen and oxygen atoms in total. The molecule has 0 unspecified atom stereocenters. The molecule has 0 fully saturated rings. The second-order valence-electron chi connectivity index (χ2n) is 2.53. The van der Waals surface area contributed by atoms with Gasteiger partial charge in [0.2, 0.25) is 11.8 Å². The van der Waals surface area contributed by atoms with Crippen LogP contribution >= 0.6 is 15.9 Å². The van der Waals surface area contributed by atoms with Gasteiger partial charge >= 0.3 is 0 Å². The Kier molecular flexibility index (Phi) is 6.22. The molecule has 0 bridgehead atoms. The second-order valence-corrected chi connectivity index (χ2v) is 3.65. The van der Waals surface area contributed by atoms with E-state index in [0.717, 1.165) is 4.48 Å². The molecule has 0 atom stereocenters. The van der Waals surface area contributed by atoms with Crippen molar-refractivity contribution < 1.29 is 9.59 Å². The van der Waals surface area contributed by atoms with E-state index in [1.54, 1.807) is 0 Å². The molecule has 2 amide bonds. The number of hydrogen-bond donors (Lipinski definition) is 2. The van der Waals surface area contributed by atoms with Crippen molar-refractivity contribution >= 4 is 27.7 Å². The van der Waals surface area contributed by atoms with E-state index >= 15 is 0 Å². The van der Waals surface area contributed by atoms with Crippen LogP contribution in [0.1, 0.15) is 13.3 Å². The third-order valence-corrected chi connectivity index (χ3v) is 1.48. The lowest BCUT2D eigenvalue weighted by atomic mass is 10.4. The summed E-state index contributed by atoms with van der Waals surface area (Å²) in [5.41, 5.74) is 0. The number of nitrogens with one attached hydrogen (secondary N) is 2. The molecule has 0 saturated carbocycles. The van der Waals surface area contributed by atoms with Crippen molar-refractivity contribution in [2.45, 2.75) is 13.3 Å². The summed E-state index contributed by atoms with van der Waals surface area (Å²) in [6.45, 7) is 5.77. The maximum Gasteiger partial charge on any atom is 0.222 e. The van der Waals surface area contributed by atoms with E-state index in [1.807, 2.05) is 0 Å². The fraction of sp³-hybridized carbons (Fsp3) is 0.500. The highest BCUT2D eigenvalue weighted by molar-refractivity contribution is 9.11. The fourth-order valence-corrected chi connectivity index (χ4v) is 0.775. The minimum absolute atomic E-state index is 0.102. The molecule has 0 aromatic rings. The molecular formula is C8H13BrN2O2. The number of amides is 2. The highest BCUT2D eigenvalue weighted by Gasteiger charge is 2.00. The summed E-state index contributed by atoms with van der Waals surface area (Å²) in [6.07, 6.45) is 0.292. The minimum Gasteiger partial charge on any atom is -0.356 e. The monoisotopic (exact) mass is 248 g/mol. The summed E-state index contributed by atoms with van der Waals surface area (Å²) in [7, 11) is 0. The minimum atomic E-state index is -0.127. The molecule has 0 rings (SSSR count). The molecule has 0 aliphatic rings. The smallest absolute Gasteiger partial charge is 0.222 e. The number of halogens is 1. The predicted octanol–water partition coefficient (Wildman–Crippen LogP) is 0.537. The zero-order chi connectivity index (χ0) is 10.3. The Morgan fingerprint density at radius 1 is 1.38 bits per heavy atom. The summed E-state index contributed by atoms with van der Waals surface area (Å²) in [6, 6.07) is 0. The van der Waals surface area contributed by atoms with Crippen molar-refractivity contribution in [3.63, 3.8) is 0 Å². The summed E-state index contributed by atoms with van der Waals surface area (Å²) in [4.78, 5) is 21.4. The molecule has 2 N–H and O–H groups in total. The average Bonchev–Trinajstić information content (AvgIpc) is 2.00. The van der Waals surface area contributed by atoms with Crippen LogP contribution < -0.4 is 10.6 Å². The molecule has 5 heteroatoms. The second kappa shape index (κ2) is 6.65. The van der Waals surface area contributed by atoms with Gasteiger partial charge in [0.1, 0.15) is 0 Å². The van der Waals surface area contributed by atoms with Gasteiger partial charge in [-0.25, -0.2) is 0 Å². The van der Waals surface area contributed by atoms with E-state index in [1.165, 1.54) is 6.92 Å². The molecule has 0 aromatic heterocycles. The van der Waals surface area contributed by atoms with Gasteiger partial charge < -0.3 is 10.6 Å². The SMILES string of the molecule is C=C(Br)CNC(=O)CCNC(C)=O. The molecule has 74 valence electrons. The Balaban J connectivity index is 3.41. The molecule has 0 saturated heterocycles. The van der Waals surface area contributed by atoms with Gasteiger partial charge in [0.25, 0.3) is 0 Å². The van der Waals surface area contributed by atoms with Crippen molar-refractivity contribution in [3.05, 3.63) is 11.1 Å². The van der Waals surface area contributed by atoms with Crippen LogP contribution in [0.3, 0.4) is 0 Å². The molecule has 0 aliphatic carbocycles. The summed E-state index contributed by atoms with van der Waals surface area (Å²) in [5, 5.41) is 5.15. The van der Waals surface area contributed by atoms with Crippen LogP contribution in [0.5, 0.6) is 0 Å². The van der Waals surface area contributed by atoms with Gasteiger partial charge in [-0.15, -0.1) is 0 Å². The number of hydrogen-bond acceptors (Lipinski definition) is 2.